The van der Waals surface area contributed by atoms with Crippen molar-refractivity contribution in [2.75, 3.05) is 0 Å². The number of carbonyl (C=O) groups is 1. The average Bonchev–Trinajstić information content (AvgIpc) is 2.20. The number of aliphatic carboxylic acids is 1. The Morgan fingerprint density at radius 2 is 1.94 bits per heavy atom. The molecule has 0 saturated heterocycles. The third kappa shape index (κ3) is 2.83. The van der Waals surface area contributed by atoms with E-state index in [1.807, 2.05) is 38.1 Å². The molecule has 3 nitrogen and oxygen atoms in total. The Bertz CT molecular complexity index is 375. The fraction of sp³-hybridized carbons (Fsp3) is 0.417. The van der Waals surface area contributed by atoms with Gasteiger partial charge in [-0.25, -0.2) is 0 Å². The molecule has 0 fully saturated rings. The number of halogens is 1. The average molecular weight is 286 g/mol. The second-order valence-corrected chi connectivity index (χ2v) is 5.22. The third-order valence-electron chi connectivity index (χ3n) is 2.84. The SMILES string of the molecule is CC(C)C(N)(Cc1ccc(Br)cc1)C(=O)O. The van der Waals surface area contributed by atoms with Crippen molar-refractivity contribution in [2.45, 2.75) is 25.8 Å². The maximum atomic E-state index is 11.2. The van der Waals surface area contributed by atoms with E-state index in [4.69, 9.17) is 5.73 Å². The molecular formula is C12H16BrNO2. The summed E-state index contributed by atoms with van der Waals surface area (Å²) in [6, 6.07) is 7.55. The van der Waals surface area contributed by atoms with Crippen molar-refractivity contribution in [2.24, 2.45) is 11.7 Å². The van der Waals surface area contributed by atoms with Crippen LogP contribution in [0.3, 0.4) is 0 Å². The molecule has 88 valence electrons. The van der Waals surface area contributed by atoms with E-state index in [-0.39, 0.29) is 5.92 Å². The van der Waals surface area contributed by atoms with Crippen LogP contribution in [0, 0.1) is 5.92 Å². The summed E-state index contributed by atoms with van der Waals surface area (Å²) in [7, 11) is 0. The molecule has 0 aliphatic heterocycles. The first-order chi connectivity index (χ1) is 7.36. The van der Waals surface area contributed by atoms with E-state index >= 15 is 0 Å². The smallest absolute Gasteiger partial charge is 0.324 e. The second kappa shape index (κ2) is 4.97. The molecule has 0 bridgehead atoms. The van der Waals surface area contributed by atoms with Gasteiger partial charge in [-0.3, -0.25) is 4.79 Å². The van der Waals surface area contributed by atoms with E-state index in [0.29, 0.717) is 6.42 Å². The van der Waals surface area contributed by atoms with Crippen LogP contribution in [0.2, 0.25) is 0 Å². The van der Waals surface area contributed by atoms with Crippen molar-refractivity contribution in [3.63, 3.8) is 0 Å². The first-order valence-electron chi connectivity index (χ1n) is 5.13. The predicted molar refractivity (Wildman–Crippen MR) is 67.2 cm³/mol. The van der Waals surface area contributed by atoms with Crippen molar-refractivity contribution >= 4 is 21.9 Å². The number of hydrogen-bond donors (Lipinski definition) is 2. The standard InChI is InChI=1S/C12H16BrNO2/c1-8(2)12(14,11(15)16)7-9-3-5-10(13)6-4-9/h3-6,8H,7,14H2,1-2H3,(H,15,16). The molecule has 0 saturated carbocycles. The van der Waals surface area contributed by atoms with Crippen LogP contribution in [-0.4, -0.2) is 16.6 Å². The van der Waals surface area contributed by atoms with Crippen LogP contribution in [0.5, 0.6) is 0 Å². The van der Waals surface area contributed by atoms with Crippen molar-refractivity contribution in [3.05, 3.63) is 34.3 Å². The van der Waals surface area contributed by atoms with Crippen LogP contribution < -0.4 is 5.73 Å². The van der Waals surface area contributed by atoms with Crippen LogP contribution in [0.1, 0.15) is 19.4 Å². The monoisotopic (exact) mass is 285 g/mol. The van der Waals surface area contributed by atoms with E-state index in [1.54, 1.807) is 0 Å². The highest BCUT2D eigenvalue weighted by Gasteiger charge is 2.37. The van der Waals surface area contributed by atoms with E-state index < -0.39 is 11.5 Å². The van der Waals surface area contributed by atoms with Crippen molar-refractivity contribution in [1.82, 2.24) is 0 Å². The zero-order valence-electron chi connectivity index (χ0n) is 9.40. The molecule has 0 aromatic heterocycles. The summed E-state index contributed by atoms with van der Waals surface area (Å²) in [4.78, 5) is 11.2. The Morgan fingerprint density at radius 3 is 2.31 bits per heavy atom. The third-order valence-corrected chi connectivity index (χ3v) is 3.37. The molecule has 4 heteroatoms. The highest BCUT2D eigenvalue weighted by Crippen LogP contribution is 2.21. The van der Waals surface area contributed by atoms with Gasteiger partial charge in [-0.05, 0) is 23.6 Å². The first kappa shape index (κ1) is 13.2. The first-order valence-corrected chi connectivity index (χ1v) is 5.92. The molecule has 1 aromatic rings. The van der Waals surface area contributed by atoms with Crippen molar-refractivity contribution in [3.8, 4) is 0 Å². The molecule has 1 rings (SSSR count). The van der Waals surface area contributed by atoms with Crippen LogP contribution in [-0.2, 0) is 11.2 Å². The number of benzene rings is 1. The van der Waals surface area contributed by atoms with Gasteiger partial charge in [-0.1, -0.05) is 41.9 Å². The van der Waals surface area contributed by atoms with E-state index in [9.17, 15) is 9.90 Å². The Hall–Kier alpha value is -0.870. The molecular weight excluding hydrogens is 270 g/mol. The fourth-order valence-corrected chi connectivity index (χ4v) is 1.73. The topological polar surface area (TPSA) is 63.3 Å². The summed E-state index contributed by atoms with van der Waals surface area (Å²) in [5.41, 5.74) is 5.67. The number of carboxylic acids is 1. The van der Waals surface area contributed by atoms with Gasteiger partial charge in [-0.15, -0.1) is 0 Å². The van der Waals surface area contributed by atoms with E-state index in [2.05, 4.69) is 15.9 Å². The van der Waals surface area contributed by atoms with Crippen LogP contribution in [0.25, 0.3) is 0 Å². The lowest BCUT2D eigenvalue weighted by molar-refractivity contribution is -0.145. The van der Waals surface area contributed by atoms with Gasteiger partial charge in [0.25, 0.3) is 0 Å². The van der Waals surface area contributed by atoms with Gasteiger partial charge >= 0.3 is 5.97 Å². The maximum Gasteiger partial charge on any atom is 0.324 e. The predicted octanol–water partition coefficient (Wildman–Crippen LogP) is 2.43. The summed E-state index contributed by atoms with van der Waals surface area (Å²) < 4.78 is 0.971. The number of rotatable bonds is 4. The van der Waals surface area contributed by atoms with Gasteiger partial charge < -0.3 is 10.8 Å². The number of nitrogens with two attached hydrogens (primary N) is 1. The van der Waals surface area contributed by atoms with Gasteiger partial charge in [0, 0.05) is 10.9 Å². The molecule has 0 amide bonds. The zero-order valence-corrected chi connectivity index (χ0v) is 11.0. The van der Waals surface area contributed by atoms with Gasteiger partial charge in [0.05, 0.1) is 0 Å². The van der Waals surface area contributed by atoms with Gasteiger partial charge in [-0.2, -0.15) is 0 Å². The van der Waals surface area contributed by atoms with Gasteiger partial charge in [0.2, 0.25) is 0 Å². The van der Waals surface area contributed by atoms with Gasteiger partial charge in [0.15, 0.2) is 0 Å². The molecule has 1 aromatic carbocycles. The van der Waals surface area contributed by atoms with Crippen LogP contribution in [0.15, 0.2) is 28.7 Å². The number of hydrogen-bond acceptors (Lipinski definition) is 2. The molecule has 1 atom stereocenters. The normalized spacial score (nSPS) is 14.8. The number of carboxylic acid groups (broad SMARTS) is 1. The lowest BCUT2D eigenvalue weighted by Gasteiger charge is -2.29. The van der Waals surface area contributed by atoms with Crippen molar-refractivity contribution in [1.29, 1.82) is 0 Å². The van der Waals surface area contributed by atoms with E-state index in [0.717, 1.165) is 10.0 Å². The minimum atomic E-state index is -1.20. The molecule has 0 aliphatic rings. The summed E-state index contributed by atoms with van der Waals surface area (Å²) >= 11 is 3.34. The largest absolute Gasteiger partial charge is 0.480 e. The second-order valence-electron chi connectivity index (χ2n) is 4.30. The minimum Gasteiger partial charge on any atom is -0.480 e. The molecule has 0 spiro atoms. The van der Waals surface area contributed by atoms with Crippen LogP contribution in [0.4, 0.5) is 0 Å². The summed E-state index contributed by atoms with van der Waals surface area (Å²) in [5, 5.41) is 9.18. The lowest BCUT2D eigenvalue weighted by Crippen LogP contribution is -2.54. The quantitative estimate of drug-likeness (QED) is 0.893. The van der Waals surface area contributed by atoms with Gasteiger partial charge in [0.1, 0.15) is 5.54 Å². The molecule has 0 aliphatic carbocycles. The molecule has 1 unspecified atom stereocenters. The molecule has 0 heterocycles. The zero-order chi connectivity index (χ0) is 12.3. The summed E-state index contributed by atoms with van der Waals surface area (Å²) in [6.45, 7) is 3.65. The summed E-state index contributed by atoms with van der Waals surface area (Å²) in [6.07, 6.45) is 0.341. The summed E-state index contributed by atoms with van der Waals surface area (Å²) in [5.74, 6) is -1.07. The van der Waals surface area contributed by atoms with E-state index in [1.165, 1.54) is 0 Å². The fourth-order valence-electron chi connectivity index (χ4n) is 1.47. The van der Waals surface area contributed by atoms with Crippen molar-refractivity contribution < 1.29 is 9.90 Å². The molecule has 0 radical (unpaired) electrons. The molecule has 16 heavy (non-hydrogen) atoms. The minimum absolute atomic E-state index is 0.117. The Kier molecular flexibility index (Phi) is 4.10. The van der Waals surface area contributed by atoms with Crippen LogP contribution >= 0.6 is 15.9 Å². The maximum absolute atomic E-state index is 11.2. The highest BCUT2D eigenvalue weighted by molar-refractivity contribution is 9.10. The Labute approximate surface area is 104 Å². The lowest BCUT2D eigenvalue weighted by atomic mass is 9.82. The molecule has 3 N–H and O–H groups in total. The highest BCUT2D eigenvalue weighted by atomic mass is 79.9. The Balaban J connectivity index is 2.93. The Morgan fingerprint density at radius 1 is 1.44 bits per heavy atom.